The van der Waals surface area contributed by atoms with Gasteiger partial charge in [-0.1, -0.05) is 6.42 Å². The minimum Gasteiger partial charge on any atom is -0.481 e. The van der Waals surface area contributed by atoms with Crippen molar-refractivity contribution < 1.29 is 19.5 Å². The first-order chi connectivity index (χ1) is 7.59. The number of rotatable bonds is 3. The lowest BCUT2D eigenvalue weighted by Gasteiger charge is -2.21. The maximum atomic E-state index is 11.3. The van der Waals surface area contributed by atoms with E-state index in [2.05, 4.69) is 0 Å². The van der Waals surface area contributed by atoms with Crippen LogP contribution in [0.25, 0.3) is 0 Å². The second-order valence-electron chi connectivity index (χ2n) is 4.26. The smallest absolute Gasteiger partial charge is 0.306 e. The van der Waals surface area contributed by atoms with E-state index in [-0.39, 0.29) is 24.3 Å². The van der Waals surface area contributed by atoms with Gasteiger partial charge >= 0.3 is 5.97 Å². The van der Waals surface area contributed by atoms with Crippen molar-refractivity contribution in [1.29, 1.82) is 0 Å². The zero-order chi connectivity index (χ0) is 11.7. The fraction of sp³-hybridized carbons (Fsp3) is 0.545. The van der Waals surface area contributed by atoms with Crippen LogP contribution in [-0.2, 0) is 14.4 Å². The molecule has 5 nitrogen and oxygen atoms in total. The number of carbonyl (C=O) groups excluding carboxylic acids is 2. The van der Waals surface area contributed by atoms with Gasteiger partial charge in [-0.2, -0.15) is 0 Å². The highest BCUT2D eigenvalue weighted by molar-refractivity contribution is 6.12. The third-order valence-electron chi connectivity index (χ3n) is 3.29. The number of amides is 2. The maximum Gasteiger partial charge on any atom is 0.306 e. The van der Waals surface area contributed by atoms with Crippen molar-refractivity contribution in [3.05, 3.63) is 12.2 Å². The van der Waals surface area contributed by atoms with Crippen molar-refractivity contribution in [3.63, 3.8) is 0 Å². The number of imide groups is 1. The molecular formula is C11H13NO4. The van der Waals surface area contributed by atoms with Gasteiger partial charge in [0.25, 0.3) is 11.8 Å². The summed E-state index contributed by atoms with van der Waals surface area (Å²) in [5.41, 5.74) is 0. The number of carboxylic acid groups (broad SMARTS) is 1. The van der Waals surface area contributed by atoms with E-state index in [0.717, 1.165) is 17.7 Å². The second kappa shape index (κ2) is 4.08. The predicted octanol–water partition coefficient (Wildman–Crippen LogP) is 0.412. The first-order valence-corrected chi connectivity index (χ1v) is 5.36. The van der Waals surface area contributed by atoms with Crippen molar-refractivity contribution in [2.75, 3.05) is 6.54 Å². The van der Waals surface area contributed by atoms with E-state index in [1.54, 1.807) is 0 Å². The van der Waals surface area contributed by atoms with E-state index < -0.39 is 11.9 Å². The molecule has 0 aromatic carbocycles. The standard InChI is InChI=1S/C11H13NO4/c13-9-4-5-10(14)12(9)6-7-2-1-3-8(7)11(15)16/h4-5,7-8H,1-3,6H2,(H,15,16). The summed E-state index contributed by atoms with van der Waals surface area (Å²) < 4.78 is 0. The van der Waals surface area contributed by atoms with E-state index in [4.69, 9.17) is 5.11 Å². The van der Waals surface area contributed by atoms with Gasteiger partial charge in [0.05, 0.1) is 5.92 Å². The summed E-state index contributed by atoms with van der Waals surface area (Å²) in [4.78, 5) is 34.7. The number of carboxylic acids is 1. The molecule has 0 saturated heterocycles. The Morgan fingerprint density at radius 1 is 1.31 bits per heavy atom. The molecule has 0 aromatic heterocycles. The number of hydrogen-bond acceptors (Lipinski definition) is 3. The Hall–Kier alpha value is -1.65. The highest BCUT2D eigenvalue weighted by atomic mass is 16.4. The Bertz CT molecular complexity index is 356. The monoisotopic (exact) mass is 223 g/mol. The molecule has 2 amide bonds. The molecule has 1 saturated carbocycles. The molecule has 2 unspecified atom stereocenters. The second-order valence-corrected chi connectivity index (χ2v) is 4.26. The molecule has 0 aromatic rings. The molecule has 1 N–H and O–H groups in total. The normalized spacial score (nSPS) is 29.1. The first kappa shape index (κ1) is 10.9. The summed E-state index contributed by atoms with van der Waals surface area (Å²) >= 11 is 0. The molecule has 16 heavy (non-hydrogen) atoms. The zero-order valence-electron chi connectivity index (χ0n) is 8.76. The van der Waals surface area contributed by atoms with E-state index in [1.807, 2.05) is 0 Å². The van der Waals surface area contributed by atoms with Crippen molar-refractivity contribution in [2.24, 2.45) is 11.8 Å². The van der Waals surface area contributed by atoms with E-state index in [0.29, 0.717) is 6.42 Å². The summed E-state index contributed by atoms with van der Waals surface area (Å²) in [7, 11) is 0. The van der Waals surface area contributed by atoms with E-state index >= 15 is 0 Å². The molecule has 0 spiro atoms. The van der Waals surface area contributed by atoms with Crippen LogP contribution in [0.5, 0.6) is 0 Å². The van der Waals surface area contributed by atoms with Crippen LogP contribution in [0.15, 0.2) is 12.2 Å². The first-order valence-electron chi connectivity index (χ1n) is 5.36. The predicted molar refractivity (Wildman–Crippen MR) is 54.3 cm³/mol. The van der Waals surface area contributed by atoms with Crippen LogP contribution in [-0.4, -0.2) is 34.3 Å². The van der Waals surface area contributed by atoms with Gasteiger partial charge in [0.15, 0.2) is 0 Å². The molecule has 0 radical (unpaired) electrons. The Balaban J connectivity index is 2.02. The lowest BCUT2D eigenvalue weighted by molar-refractivity contribution is -0.145. The summed E-state index contributed by atoms with van der Waals surface area (Å²) in [5, 5.41) is 8.99. The van der Waals surface area contributed by atoms with Crippen LogP contribution >= 0.6 is 0 Å². The Labute approximate surface area is 92.7 Å². The number of aliphatic carboxylic acids is 1. The summed E-state index contributed by atoms with van der Waals surface area (Å²) in [6, 6.07) is 0. The van der Waals surface area contributed by atoms with Gasteiger partial charge in [-0.3, -0.25) is 19.3 Å². The molecule has 1 fully saturated rings. The summed E-state index contributed by atoms with van der Waals surface area (Å²) in [5.74, 6) is -2.00. The van der Waals surface area contributed by atoms with E-state index in [9.17, 15) is 14.4 Å². The third-order valence-corrected chi connectivity index (χ3v) is 3.29. The third kappa shape index (κ3) is 1.85. The summed E-state index contributed by atoms with van der Waals surface area (Å²) in [6.07, 6.45) is 4.73. The SMILES string of the molecule is O=C(O)C1CCCC1CN1C(=O)C=CC1=O. The molecule has 1 heterocycles. The average Bonchev–Trinajstić information content (AvgIpc) is 2.80. The number of nitrogens with zero attached hydrogens (tertiary/aromatic N) is 1. The van der Waals surface area contributed by atoms with Crippen LogP contribution in [0.1, 0.15) is 19.3 Å². The highest BCUT2D eigenvalue weighted by Gasteiger charge is 2.36. The van der Waals surface area contributed by atoms with Crippen LogP contribution in [0.4, 0.5) is 0 Å². The lowest BCUT2D eigenvalue weighted by atomic mass is 9.96. The zero-order valence-corrected chi connectivity index (χ0v) is 8.76. The van der Waals surface area contributed by atoms with Gasteiger partial charge in [-0.05, 0) is 18.8 Å². The molecule has 86 valence electrons. The fourth-order valence-electron chi connectivity index (χ4n) is 2.43. The van der Waals surface area contributed by atoms with Crippen LogP contribution in [0.2, 0.25) is 0 Å². The van der Waals surface area contributed by atoms with Gasteiger partial charge in [0, 0.05) is 18.7 Å². The van der Waals surface area contributed by atoms with E-state index in [1.165, 1.54) is 12.2 Å². The lowest BCUT2D eigenvalue weighted by Crippen LogP contribution is -2.37. The van der Waals surface area contributed by atoms with Gasteiger partial charge in [0.2, 0.25) is 0 Å². The molecule has 2 aliphatic rings. The summed E-state index contributed by atoms with van der Waals surface area (Å²) in [6.45, 7) is 0.238. The van der Waals surface area contributed by atoms with Crippen molar-refractivity contribution >= 4 is 17.8 Å². The molecular weight excluding hydrogens is 210 g/mol. The highest BCUT2D eigenvalue weighted by Crippen LogP contribution is 2.33. The largest absolute Gasteiger partial charge is 0.481 e. The molecule has 5 heteroatoms. The maximum absolute atomic E-state index is 11.3. The molecule has 2 rings (SSSR count). The van der Waals surface area contributed by atoms with Gasteiger partial charge in [0.1, 0.15) is 0 Å². The Morgan fingerprint density at radius 2 is 1.94 bits per heavy atom. The van der Waals surface area contributed by atoms with Gasteiger partial charge < -0.3 is 5.11 Å². The topological polar surface area (TPSA) is 74.7 Å². The van der Waals surface area contributed by atoms with Crippen molar-refractivity contribution in [2.45, 2.75) is 19.3 Å². The molecule has 0 bridgehead atoms. The van der Waals surface area contributed by atoms with Gasteiger partial charge in [-0.15, -0.1) is 0 Å². The average molecular weight is 223 g/mol. The molecule has 2 atom stereocenters. The minimum absolute atomic E-state index is 0.0923. The molecule has 1 aliphatic heterocycles. The Morgan fingerprint density at radius 3 is 2.50 bits per heavy atom. The van der Waals surface area contributed by atoms with Crippen LogP contribution in [0, 0.1) is 11.8 Å². The quantitative estimate of drug-likeness (QED) is 0.703. The fourth-order valence-corrected chi connectivity index (χ4v) is 2.43. The van der Waals surface area contributed by atoms with Gasteiger partial charge in [-0.25, -0.2) is 0 Å². The number of hydrogen-bond donors (Lipinski definition) is 1. The van der Waals surface area contributed by atoms with Crippen LogP contribution in [0.3, 0.4) is 0 Å². The molecule has 1 aliphatic carbocycles. The van der Waals surface area contributed by atoms with Crippen LogP contribution < -0.4 is 0 Å². The van der Waals surface area contributed by atoms with Crippen molar-refractivity contribution in [1.82, 2.24) is 4.90 Å². The minimum atomic E-state index is -0.824. The Kier molecular flexibility index (Phi) is 2.77. The van der Waals surface area contributed by atoms with Crippen molar-refractivity contribution in [3.8, 4) is 0 Å². The number of carbonyl (C=O) groups is 3.